The Morgan fingerprint density at radius 1 is 1.44 bits per heavy atom. The number of methoxy groups -OCH3 is 1. The Balaban J connectivity index is 2.06. The Morgan fingerprint density at radius 2 is 2.28 bits per heavy atom. The van der Waals surface area contributed by atoms with Crippen LogP contribution < -0.4 is 15.8 Å². The first kappa shape index (κ1) is 12.4. The van der Waals surface area contributed by atoms with Gasteiger partial charge in [0, 0.05) is 6.07 Å². The molecule has 94 valence electrons. The number of ether oxygens (including phenoxy) is 1. The maximum atomic E-state index is 11.8. The monoisotopic (exact) mass is 262 g/mol. The van der Waals surface area contributed by atoms with E-state index in [-0.39, 0.29) is 5.91 Å². The third-order valence-electron chi connectivity index (χ3n) is 2.48. The van der Waals surface area contributed by atoms with Crippen molar-refractivity contribution >= 4 is 28.6 Å². The lowest BCUT2D eigenvalue weighted by Crippen LogP contribution is -2.15. The van der Waals surface area contributed by atoms with Gasteiger partial charge in [-0.15, -0.1) is 0 Å². The highest BCUT2D eigenvalue weighted by Gasteiger charge is 2.07. The molecular formula is C13H14N2O2S. The van der Waals surface area contributed by atoms with E-state index >= 15 is 0 Å². The van der Waals surface area contributed by atoms with E-state index in [9.17, 15) is 4.79 Å². The van der Waals surface area contributed by atoms with Crippen LogP contribution in [0.5, 0.6) is 5.75 Å². The van der Waals surface area contributed by atoms with Crippen molar-refractivity contribution < 1.29 is 9.53 Å². The van der Waals surface area contributed by atoms with E-state index in [0.29, 0.717) is 23.5 Å². The highest BCUT2D eigenvalue weighted by Crippen LogP contribution is 2.24. The summed E-state index contributed by atoms with van der Waals surface area (Å²) in [5.41, 5.74) is 7.90. The van der Waals surface area contributed by atoms with Gasteiger partial charge in [0.15, 0.2) is 0 Å². The van der Waals surface area contributed by atoms with Crippen LogP contribution in [0.15, 0.2) is 35.0 Å². The molecule has 1 heterocycles. The first-order chi connectivity index (χ1) is 8.69. The van der Waals surface area contributed by atoms with E-state index in [4.69, 9.17) is 10.5 Å². The average Bonchev–Trinajstić information content (AvgIpc) is 2.84. The first-order valence-corrected chi connectivity index (χ1v) is 6.38. The summed E-state index contributed by atoms with van der Waals surface area (Å²) in [7, 11) is 1.57. The van der Waals surface area contributed by atoms with Crippen LogP contribution in [0.25, 0.3) is 0 Å². The van der Waals surface area contributed by atoms with Gasteiger partial charge in [-0.05, 0) is 34.5 Å². The second-order valence-electron chi connectivity index (χ2n) is 3.81. The average molecular weight is 262 g/mol. The molecule has 0 saturated carbocycles. The van der Waals surface area contributed by atoms with E-state index in [1.807, 2.05) is 16.8 Å². The standard InChI is InChI=1S/C13H14N2O2S/c1-17-10-2-3-11(14)12(7-10)15-13(16)6-9-4-5-18-8-9/h2-5,7-8H,6,14H2,1H3,(H,15,16). The largest absolute Gasteiger partial charge is 0.497 e. The molecule has 1 aromatic carbocycles. The number of nitrogens with two attached hydrogens (primary N) is 1. The minimum Gasteiger partial charge on any atom is -0.497 e. The highest BCUT2D eigenvalue weighted by atomic mass is 32.1. The highest BCUT2D eigenvalue weighted by molar-refractivity contribution is 7.08. The van der Waals surface area contributed by atoms with Gasteiger partial charge >= 0.3 is 0 Å². The summed E-state index contributed by atoms with van der Waals surface area (Å²) in [5.74, 6) is 0.573. The maximum absolute atomic E-state index is 11.8. The molecule has 0 fully saturated rings. The van der Waals surface area contributed by atoms with Crippen molar-refractivity contribution in [3.63, 3.8) is 0 Å². The van der Waals surface area contributed by atoms with Gasteiger partial charge in [0.25, 0.3) is 0 Å². The van der Waals surface area contributed by atoms with Gasteiger partial charge < -0.3 is 15.8 Å². The van der Waals surface area contributed by atoms with Gasteiger partial charge in [-0.2, -0.15) is 11.3 Å². The molecule has 0 spiro atoms. The number of hydrogen-bond donors (Lipinski definition) is 2. The van der Waals surface area contributed by atoms with Crippen molar-refractivity contribution in [1.82, 2.24) is 0 Å². The van der Waals surface area contributed by atoms with Crippen LogP contribution in [0, 0.1) is 0 Å². The molecule has 0 radical (unpaired) electrons. The summed E-state index contributed by atoms with van der Waals surface area (Å²) in [6.07, 6.45) is 0.347. The molecule has 0 aliphatic rings. The molecule has 4 nitrogen and oxygen atoms in total. The van der Waals surface area contributed by atoms with Crippen LogP contribution in [0.1, 0.15) is 5.56 Å². The Kier molecular flexibility index (Phi) is 3.84. The van der Waals surface area contributed by atoms with E-state index in [1.165, 1.54) is 0 Å². The van der Waals surface area contributed by atoms with Gasteiger partial charge in [-0.1, -0.05) is 0 Å². The van der Waals surface area contributed by atoms with E-state index in [0.717, 1.165) is 5.56 Å². The van der Waals surface area contributed by atoms with Crippen LogP contribution in [-0.2, 0) is 11.2 Å². The molecule has 5 heteroatoms. The number of thiophene rings is 1. The summed E-state index contributed by atoms with van der Waals surface area (Å²) in [6.45, 7) is 0. The Hall–Kier alpha value is -2.01. The quantitative estimate of drug-likeness (QED) is 0.832. The number of benzene rings is 1. The Bertz CT molecular complexity index is 538. The fourth-order valence-electron chi connectivity index (χ4n) is 1.54. The van der Waals surface area contributed by atoms with E-state index < -0.39 is 0 Å². The van der Waals surface area contributed by atoms with Gasteiger partial charge in [-0.3, -0.25) is 4.79 Å². The number of anilines is 2. The zero-order valence-electron chi connectivity index (χ0n) is 9.97. The molecule has 0 unspecified atom stereocenters. The lowest BCUT2D eigenvalue weighted by molar-refractivity contribution is -0.115. The zero-order chi connectivity index (χ0) is 13.0. The topological polar surface area (TPSA) is 64.3 Å². The van der Waals surface area contributed by atoms with Gasteiger partial charge in [0.1, 0.15) is 5.75 Å². The minimum atomic E-state index is -0.0895. The number of carbonyl (C=O) groups is 1. The van der Waals surface area contributed by atoms with Crippen LogP contribution in [0.4, 0.5) is 11.4 Å². The van der Waals surface area contributed by atoms with Crippen molar-refractivity contribution in [3.05, 3.63) is 40.6 Å². The molecule has 0 aliphatic carbocycles. The zero-order valence-corrected chi connectivity index (χ0v) is 10.8. The SMILES string of the molecule is COc1ccc(N)c(NC(=O)Cc2ccsc2)c1. The summed E-state index contributed by atoms with van der Waals surface area (Å²) < 4.78 is 5.09. The molecule has 1 aromatic heterocycles. The van der Waals surface area contributed by atoms with Gasteiger partial charge in [0.05, 0.1) is 24.9 Å². The lowest BCUT2D eigenvalue weighted by atomic mass is 10.2. The van der Waals surface area contributed by atoms with Crippen molar-refractivity contribution in [2.45, 2.75) is 6.42 Å². The van der Waals surface area contributed by atoms with Crippen molar-refractivity contribution in [3.8, 4) is 5.75 Å². The van der Waals surface area contributed by atoms with Crippen molar-refractivity contribution in [2.24, 2.45) is 0 Å². The molecule has 0 atom stereocenters. The summed E-state index contributed by atoms with van der Waals surface area (Å²) >= 11 is 1.57. The molecule has 2 rings (SSSR count). The Labute approximate surface area is 109 Å². The Morgan fingerprint density at radius 3 is 2.94 bits per heavy atom. The van der Waals surface area contributed by atoms with Gasteiger partial charge in [-0.25, -0.2) is 0 Å². The molecule has 18 heavy (non-hydrogen) atoms. The minimum absolute atomic E-state index is 0.0895. The molecule has 3 N–H and O–H groups in total. The van der Waals surface area contributed by atoms with Crippen LogP contribution in [-0.4, -0.2) is 13.0 Å². The number of carbonyl (C=O) groups excluding carboxylic acids is 1. The lowest BCUT2D eigenvalue weighted by Gasteiger charge is -2.09. The van der Waals surface area contributed by atoms with Crippen molar-refractivity contribution in [1.29, 1.82) is 0 Å². The summed E-state index contributed by atoms with van der Waals surface area (Å²) in [6, 6.07) is 7.10. The van der Waals surface area contributed by atoms with Crippen LogP contribution in [0.3, 0.4) is 0 Å². The van der Waals surface area contributed by atoms with Crippen LogP contribution in [0.2, 0.25) is 0 Å². The second-order valence-corrected chi connectivity index (χ2v) is 4.59. The van der Waals surface area contributed by atoms with E-state index in [2.05, 4.69) is 5.32 Å². The number of nitrogens with one attached hydrogen (secondary N) is 1. The number of nitrogen functional groups attached to an aromatic ring is 1. The summed E-state index contributed by atoms with van der Waals surface area (Å²) in [4.78, 5) is 11.8. The molecule has 0 bridgehead atoms. The molecular weight excluding hydrogens is 248 g/mol. The number of amides is 1. The van der Waals surface area contributed by atoms with Crippen LogP contribution >= 0.6 is 11.3 Å². The predicted octanol–water partition coefficient (Wildman–Crippen LogP) is 2.52. The smallest absolute Gasteiger partial charge is 0.228 e. The fourth-order valence-corrected chi connectivity index (χ4v) is 2.21. The second kappa shape index (κ2) is 5.55. The number of rotatable bonds is 4. The maximum Gasteiger partial charge on any atom is 0.228 e. The molecule has 0 aliphatic heterocycles. The summed E-state index contributed by atoms with van der Waals surface area (Å²) in [5, 5.41) is 6.68. The normalized spacial score (nSPS) is 10.1. The molecule has 2 aromatic rings. The predicted molar refractivity (Wildman–Crippen MR) is 74.1 cm³/mol. The number of hydrogen-bond acceptors (Lipinski definition) is 4. The first-order valence-electron chi connectivity index (χ1n) is 5.43. The molecule has 1 amide bonds. The fraction of sp³-hybridized carbons (Fsp3) is 0.154. The molecule has 0 saturated heterocycles. The van der Waals surface area contributed by atoms with E-state index in [1.54, 1.807) is 36.6 Å². The third-order valence-corrected chi connectivity index (χ3v) is 3.21. The third kappa shape index (κ3) is 3.01. The van der Waals surface area contributed by atoms with Gasteiger partial charge in [0.2, 0.25) is 5.91 Å². The van der Waals surface area contributed by atoms with Crippen molar-refractivity contribution in [2.75, 3.05) is 18.2 Å².